The van der Waals surface area contributed by atoms with Crippen molar-refractivity contribution in [1.29, 1.82) is 0 Å². The smallest absolute Gasteiger partial charge is 0.115 e. The first kappa shape index (κ1) is 12.5. The Morgan fingerprint density at radius 3 is 2.35 bits per heavy atom. The summed E-state index contributed by atoms with van der Waals surface area (Å²) in [6.45, 7) is 4.57. The molecule has 1 atom stereocenters. The number of nitrogens with zero attached hydrogens (tertiary/aromatic N) is 2. The van der Waals surface area contributed by atoms with Crippen molar-refractivity contribution in [2.24, 2.45) is 17.1 Å². The Morgan fingerprint density at radius 1 is 1.24 bits per heavy atom. The number of aromatic nitrogens is 2. The summed E-state index contributed by atoms with van der Waals surface area (Å²) < 4.78 is 0. The fraction of sp³-hybridized carbons (Fsp3) is 0.714. The summed E-state index contributed by atoms with van der Waals surface area (Å²) in [7, 11) is 0. The van der Waals surface area contributed by atoms with Crippen LogP contribution in [0.1, 0.15) is 57.6 Å². The minimum Gasteiger partial charge on any atom is -0.323 e. The predicted molar refractivity (Wildman–Crippen MR) is 69.3 cm³/mol. The fourth-order valence-corrected chi connectivity index (χ4v) is 3.36. The molecule has 1 unspecified atom stereocenters. The van der Waals surface area contributed by atoms with E-state index in [9.17, 15) is 0 Å². The molecule has 0 aromatic carbocycles. The maximum atomic E-state index is 6.50. The van der Waals surface area contributed by atoms with Gasteiger partial charge in [-0.25, -0.2) is 9.97 Å². The van der Waals surface area contributed by atoms with E-state index < -0.39 is 0 Å². The maximum Gasteiger partial charge on any atom is 0.115 e. The first-order chi connectivity index (χ1) is 8.14. The molecule has 1 aliphatic carbocycles. The number of rotatable bonds is 4. The average Bonchev–Trinajstić information content (AvgIpc) is 2.78. The van der Waals surface area contributed by atoms with Crippen LogP contribution in [0.3, 0.4) is 0 Å². The number of hydrogen-bond donors (Lipinski definition) is 1. The fourth-order valence-electron chi connectivity index (χ4n) is 3.36. The standard InChI is InChI=1S/C14H23N3/c1-11(2)7-14(5-3-4-6-14)13(15)12-8-16-10-17-9-12/h8-11,13H,3-7,15H2,1-2H3. The highest BCUT2D eigenvalue weighted by Crippen LogP contribution is 2.50. The Balaban J connectivity index is 2.21. The van der Waals surface area contributed by atoms with Gasteiger partial charge in [-0.1, -0.05) is 26.7 Å². The van der Waals surface area contributed by atoms with E-state index in [1.54, 1.807) is 6.33 Å². The summed E-state index contributed by atoms with van der Waals surface area (Å²) in [5.41, 5.74) is 7.87. The third kappa shape index (κ3) is 2.65. The predicted octanol–water partition coefficient (Wildman–Crippen LogP) is 3.08. The van der Waals surface area contributed by atoms with Crippen LogP contribution < -0.4 is 5.73 Å². The van der Waals surface area contributed by atoms with E-state index in [1.807, 2.05) is 12.4 Å². The van der Waals surface area contributed by atoms with Crippen LogP contribution in [0.4, 0.5) is 0 Å². The van der Waals surface area contributed by atoms with Gasteiger partial charge in [0.2, 0.25) is 0 Å². The molecule has 0 saturated heterocycles. The first-order valence-corrected chi connectivity index (χ1v) is 6.64. The molecule has 2 N–H and O–H groups in total. The summed E-state index contributed by atoms with van der Waals surface area (Å²) in [5, 5.41) is 0. The van der Waals surface area contributed by atoms with Gasteiger partial charge in [-0.15, -0.1) is 0 Å². The second kappa shape index (κ2) is 5.13. The summed E-state index contributed by atoms with van der Waals surface area (Å²) in [4.78, 5) is 8.19. The van der Waals surface area contributed by atoms with Gasteiger partial charge in [0.1, 0.15) is 6.33 Å². The molecule has 1 aromatic heterocycles. The molecular formula is C14H23N3. The second-order valence-corrected chi connectivity index (χ2v) is 5.82. The molecule has 0 spiro atoms. The SMILES string of the molecule is CC(C)CC1(C(N)c2cncnc2)CCCC1. The number of nitrogens with two attached hydrogens (primary N) is 1. The molecule has 94 valence electrons. The van der Waals surface area contributed by atoms with Crippen molar-refractivity contribution in [2.45, 2.75) is 52.0 Å². The van der Waals surface area contributed by atoms with E-state index >= 15 is 0 Å². The second-order valence-electron chi connectivity index (χ2n) is 5.82. The van der Waals surface area contributed by atoms with Gasteiger partial charge in [0.05, 0.1) is 0 Å². The molecule has 0 bridgehead atoms. The minimum absolute atomic E-state index is 0.0913. The van der Waals surface area contributed by atoms with Crippen LogP contribution in [-0.2, 0) is 0 Å². The van der Waals surface area contributed by atoms with Crippen LogP contribution >= 0.6 is 0 Å². The lowest BCUT2D eigenvalue weighted by molar-refractivity contribution is 0.183. The van der Waals surface area contributed by atoms with Crippen molar-refractivity contribution in [2.75, 3.05) is 0 Å². The quantitative estimate of drug-likeness (QED) is 0.869. The zero-order chi connectivity index (χ0) is 12.3. The molecule has 0 radical (unpaired) electrons. The molecule has 17 heavy (non-hydrogen) atoms. The third-order valence-electron chi connectivity index (χ3n) is 4.01. The Bertz CT molecular complexity index is 342. The first-order valence-electron chi connectivity index (χ1n) is 6.64. The average molecular weight is 233 g/mol. The molecule has 3 heteroatoms. The van der Waals surface area contributed by atoms with E-state index in [0.29, 0.717) is 5.92 Å². The Kier molecular flexibility index (Phi) is 3.77. The minimum atomic E-state index is 0.0913. The summed E-state index contributed by atoms with van der Waals surface area (Å²) in [6.07, 6.45) is 11.7. The molecule has 1 aromatic rings. The van der Waals surface area contributed by atoms with Gasteiger partial charge in [-0.05, 0) is 30.6 Å². The molecule has 1 saturated carbocycles. The highest BCUT2D eigenvalue weighted by molar-refractivity contribution is 5.14. The molecule has 2 rings (SSSR count). The maximum absolute atomic E-state index is 6.50. The molecule has 1 fully saturated rings. The van der Waals surface area contributed by atoms with E-state index in [-0.39, 0.29) is 11.5 Å². The Morgan fingerprint density at radius 2 is 1.82 bits per heavy atom. The van der Waals surface area contributed by atoms with E-state index in [0.717, 1.165) is 5.56 Å². The van der Waals surface area contributed by atoms with Crippen molar-refractivity contribution < 1.29 is 0 Å². The van der Waals surface area contributed by atoms with Crippen molar-refractivity contribution in [1.82, 2.24) is 9.97 Å². The summed E-state index contributed by atoms with van der Waals surface area (Å²) in [5.74, 6) is 0.698. The van der Waals surface area contributed by atoms with Crippen LogP contribution in [-0.4, -0.2) is 9.97 Å². The lowest BCUT2D eigenvalue weighted by Crippen LogP contribution is -2.33. The van der Waals surface area contributed by atoms with Crippen molar-refractivity contribution in [3.63, 3.8) is 0 Å². The zero-order valence-electron chi connectivity index (χ0n) is 10.9. The van der Waals surface area contributed by atoms with Gasteiger partial charge in [0.15, 0.2) is 0 Å². The van der Waals surface area contributed by atoms with Gasteiger partial charge in [-0.2, -0.15) is 0 Å². The number of hydrogen-bond acceptors (Lipinski definition) is 3. The molecule has 3 nitrogen and oxygen atoms in total. The molecule has 1 aliphatic rings. The molecular weight excluding hydrogens is 210 g/mol. The van der Waals surface area contributed by atoms with Crippen molar-refractivity contribution in [3.8, 4) is 0 Å². The highest BCUT2D eigenvalue weighted by atomic mass is 14.8. The lowest BCUT2D eigenvalue weighted by atomic mass is 9.71. The van der Waals surface area contributed by atoms with Gasteiger partial charge in [-0.3, -0.25) is 0 Å². The van der Waals surface area contributed by atoms with Gasteiger partial charge in [0, 0.05) is 24.0 Å². The molecule has 0 aliphatic heterocycles. The van der Waals surface area contributed by atoms with Crippen LogP contribution in [0.15, 0.2) is 18.7 Å². The van der Waals surface area contributed by atoms with Crippen LogP contribution in [0.5, 0.6) is 0 Å². The molecule has 0 amide bonds. The van der Waals surface area contributed by atoms with Crippen molar-refractivity contribution in [3.05, 3.63) is 24.3 Å². The zero-order valence-corrected chi connectivity index (χ0v) is 10.9. The van der Waals surface area contributed by atoms with E-state index in [4.69, 9.17) is 5.73 Å². The Hall–Kier alpha value is -0.960. The van der Waals surface area contributed by atoms with Crippen molar-refractivity contribution >= 4 is 0 Å². The normalized spacial score (nSPS) is 20.7. The lowest BCUT2D eigenvalue weighted by Gasteiger charge is -2.36. The molecule has 1 heterocycles. The monoisotopic (exact) mass is 233 g/mol. The topological polar surface area (TPSA) is 51.8 Å². The van der Waals surface area contributed by atoms with E-state index in [1.165, 1.54) is 32.1 Å². The van der Waals surface area contributed by atoms with Crippen LogP contribution in [0.25, 0.3) is 0 Å². The largest absolute Gasteiger partial charge is 0.323 e. The van der Waals surface area contributed by atoms with Gasteiger partial charge < -0.3 is 5.73 Å². The van der Waals surface area contributed by atoms with E-state index in [2.05, 4.69) is 23.8 Å². The third-order valence-corrected chi connectivity index (χ3v) is 4.01. The highest BCUT2D eigenvalue weighted by Gasteiger charge is 2.40. The van der Waals surface area contributed by atoms with Gasteiger partial charge in [0.25, 0.3) is 0 Å². The van der Waals surface area contributed by atoms with Gasteiger partial charge >= 0.3 is 0 Å². The van der Waals surface area contributed by atoms with Crippen LogP contribution in [0, 0.1) is 11.3 Å². The van der Waals surface area contributed by atoms with Crippen LogP contribution in [0.2, 0.25) is 0 Å². The summed E-state index contributed by atoms with van der Waals surface area (Å²) >= 11 is 0. The Labute approximate surface area is 104 Å². The summed E-state index contributed by atoms with van der Waals surface area (Å²) in [6, 6.07) is 0.0913.